The summed E-state index contributed by atoms with van der Waals surface area (Å²) < 4.78 is 24.4. The van der Waals surface area contributed by atoms with Crippen LogP contribution in [0.1, 0.15) is 19.3 Å². The van der Waals surface area contributed by atoms with Crippen molar-refractivity contribution in [1.29, 1.82) is 0 Å². The first-order chi connectivity index (χ1) is 4.99. The van der Waals surface area contributed by atoms with Gasteiger partial charge in [-0.2, -0.15) is 8.42 Å². The predicted octanol–water partition coefficient (Wildman–Crippen LogP) is 0.813. The van der Waals surface area contributed by atoms with Crippen molar-refractivity contribution in [2.24, 2.45) is 5.92 Å². The summed E-state index contributed by atoms with van der Waals surface area (Å²) in [5, 5.41) is 0. The van der Waals surface area contributed by atoms with Gasteiger partial charge in [0, 0.05) is 0 Å². The van der Waals surface area contributed by atoms with Crippen molar-refractivity contribution in [2.75, 3.05) is 0 Å². The van der Waals surface area contributed by atoms with Crippen LogP contribution in [0.15, 0.2) is 0 Å². The zero-order chi connectivity index (χ0) is 8.48. The van der Waals surface area contributed by atoms with Crippen molar-refractivity contribution in [2.45, 2.75) is 19.3 Å². The van der Waals surface area contributed by atoms with Crippen LogP contribution in [0.2, 0.25) is 0 Å². The van der Waals surface area contributed by atoms with E-state index in [1.54, 1.807) is 0 Å². The molecule has 0 aliphatic heterocycles. The van der Waals surface area contributed by atoms with Gasteiger partial charge in [0.1, 0.15) is 0 Å². The lowest BCUT2D eigenvalue weighted by Gasteiger charge is -2.21. The van der Waals surface area contributed by atoms with E-state index in [1.165, 1.54) is 0 Å². The highest BCUT2D eigenvalue weighted by Gasteiger charge is 2.29. The Morgan fingerprint density at radius 1 is 1.45 bits per heavy atom. The quantitative estimate of drug-likeness (QED) is 0.617. The van der Waals surface area contributed by atoms with Crippen molar-refractivity contribution in [3.05, 3.63) is 0 Å². The number of carbonyl (C=O) groups excluding carboxylic acids is 1. The van der Waals surface area contributed by atoms with Crippen molar-refractivity contribution in [3.8, 4) is 0 Å². The second-order valence-corrected chi connectivity index (χ2v) is 4.51. The molecule has 0 atom stereocenters. The molecule has 1 fully saturated rings. The summed E-state index contributed by atoms with van der Waals surface area (Å²) in [4.78, 5) is 10.8. The minimum Gasteiger partial charge on any atom is -0.334 e. The maximum absolute atomic E-state index is 10.8. The van der Waals surface area contributed by atoms with Crippen LogP contribution in [0.25, 0.3) is 0 Å². The van der Waals surface area contributed by atoms with Crippen LogP contribution in [-0.4, -0.2) is 14.4 Å². The van der Waals surface area contributed by atoms with Crippen LogP contribution in [-0.2, 0) is 18.3 Å². The smallest absolute Gasteiger partial charge is 0.334 e. The maximum Gasteiger partial charge on any atom is 0.403 e. The van der Waals surface area contributed by atoms with E-state index in [0.717, 1.165) is 6.42 Å². The molecule has 1 aliphatic rings. The number of carbonyl (C=O) groups is 1. The van der Waals surface area contributed by atoms with Gasteiger partial charge in [-0.05, 0) is 12.8 Å². The van der Waals surface area contributed by atoms with Gasteiger partial charge >= 0.3 is 15.3 Å². The van der Waals surface area contributed by atoms with E-state index in [1.807, 2.05) is 0 Å². The van der Waals surface area contributed by atoms with Crippen LogP contribution < -0.4 is 0 Å². The van der Waals surface area contributed by atoms with Crippen molar-refractivity contribution >= 4 is 26.0 Å². The van der Waals surface area contributed by atoms with Crippen molar-refractivity contribution in [1.82, 2.24) is 0 Å². The van der Waals surface area contributed by atoms with Gasteiger partial charge in [-0.25, -0.2) is 0 Å². The van der Waals surface area contributed by atoms with Gasteiger partial charge in [-0.15, -0.1) is 0 Å². The van der Waals surface area contributed by atoms with E-state index in [4.69, 9.17) is 0 Å². The molecule has 0 bridgehead atoms. The molecule has 0 saturated heterocycles. The molecule has 6 heteroatoms. The molecular weight excluding hydrogens is 192 g/mol. The van der Waals surface area contributed by atoms with E-state index >= 15 is 0 Å². The molecule has 11 heavy (non-hydrogen) atoms. The Bertz CT molecular complexity index is 254. The number of halogens is 1. The Morgan fingerprint density at radius 3 is 2.27 bits per heavy atom. The summed E-state index contributed by atoms with van der Waals surface area (Å²) in [6, 6.07) is 0. The fourth-order valence-corrected chi connectivity index (χ4v) is 1.33. The molecule has 0 N–H and O–H groups in total. The van der Waals surface area contributed by atoms with E-state index in [-0.39, 0.29) is 5.92 Å². The van der Waals surface area contributed by atoms with Crippen molar-refractivity contribution < 1.29 is 17.4 Å². The molecule has 0 aromatic heterocycles. The summed E-state index contributed by atoms with van der Waals surface area (Å²) in [5.74, 6) is -0.991. The fraction of sp³-hybridized carbons (Fsp3) is 0.800. The molecule has 1 saturated carbocycles. The van der Waals surface area contributed by atoms with Gasteiger partial charge in [-0.3, -0.25) is 4.79 Å². The molecule has 0 unspecified atom stereocenters. The predicted molar refractivity (Wildman–Crippen MR) is 38.2 cm³/mol. The third kappa shape index (κ3) is 2.67. The lowest BCUT2D eigenvalue weighted by atomic mass is 9.86. The molecule has 64 valence electrons. The third-order valence-corrected chi connectivity index (χ3v) is 2.17. The lowest BCUT2D eigenvalue weighted by molar-refractivity contribution is -0.140. The first kappa shape index (κ1) is 8.80. The normalized spacial score (nSPS) is 19.0. The average molecular weight is 199 g/mol. The van der Waals surface area contributed by atoms with Crippen LogP contribution in [0, 0.1) is 5.92 Å². The Labute approximate surface area is 69.1 Å². The van der Waals surface area contributed by atoms with Crippen molar-refractivity contribution in [3.63, 3.8) is 0 Å². The first-order valence-corrected chi connectivity index (χ1v) is 5.40. The summed E-state index contributed by atoms with van der Waals surface area (Å²) in [6.45, 7) is 0. The molecule has 1 aliphatic carbocycles. The SMILES string of the molecule is O=C(OS(=O)(=O)Cl)C1CCC1. The zero-order valence-corrected chi connectivity index (χ0v) is 7.19. The Kier molecular flexibility index (Phi) is 2.39. The monoisotopic (exact) mass is 198 g/mol. The zero-order valence-electron chi connectivity index (χ0n) is 5.62. The molecule has 0 spiro atoms. The highest BCUT2D eigenvalue weighted by molar-refractivity contribution is 8.10. The highest BCUT2D eigenvalue weighted by Crippen LogP contribution is 2.28. The van der Waals surface area contributed by atoms with Crippen LogP contribution in [0.4, 0.5) is 0 Å². The molecule has 1 rings (SSSR count). The van der Waals surface area contributed by atoms with Gasteiger partial charge in [0.2, 0.25) is 0 Å². The standard InChI is InChI=1S/C5H7ClO4S/c6-11(8,9)10-5(7)4-2-1-3-4/h4H,1-3H2. The number of rotatable bonds is 2. The third-order valence-electron chi connectivity index (χ3n) is 1.62. The number of hydrogen-bond acceptors (Lipinski definition) is 4. The fourth-order valence-electron chi connectivity index (χ4n) is 0.810. The highest BCUT2D eigenvalue weighted by atomic mass is 35.7. The lowest BCUT2D eigenvalue weighted by Crippen LogP contribution is -2.25. The largest absolute Gasteiger partial charge is 0.403 e. The number of hydrogen-bond donors (Lipinski definition) is 0. The second-order valence-electron chi connectivity index (χ2n) is 2.42. The van der Waals surface area contributed by atoms with Crippen LogP contribution in [0.5, 0.6) is 0 Å². The molecule has 0 aromatic rings. The van der Waals surface area contributed by atoms with E-state index in [9.17, 15) is 13.2 Å². The molecule has 0 aromatic carbocycles. The minimum atomic E-state index is -4.12. The Morgan fingerprint density at radius 2 is 2.00 bits per heavy atom. The summed E-state index contributed by atoms with van der Waals surface area (Å²) >= 11 is 0. The summed E-state index contributed by atoms with van der Waals surface area (Å²) in [5.41, 5.74) is 0. The molecule has 0 amide bonds. The summed E-state index contributed by atoms with van der Waals surface area (Å²) in [6.07, 6.45) is 2.35. The van der Waals surface area contributed by atoms with Gasteiger partial charge in [0.15, 0.2) is 0 Å². The summed E-state index contributed by atoms with van der Waals surface area (Å²) in [7, 11) is 0.560. The maximum atomic E-state index is 10.8. The van der Waals surface area contributed by atoms with Gasteiger partial charge in [-0.1, -0.05) is 6.42 Å². The van der Waals surface area contributed by atoms with E-state index in [2.05, 4.69) is 14.9 Å². The van der Waals surface area contributed by atoms with Gasteiger partial charge < -0.3 is 4.18 Å². The van der Waals surface area contributed by atoms with E-state index in [0.29, 0.717) is 12.8 Å². The minimum absolute atomic E-state index is 0.261. The Hall–Kier alpha value is -0.290. The molecule has 4 nitrogen and oxygen atoms in total. The van der Waals surface area contributed by atoms with Gasteiger partial charge in [0.05, 0.1) is 16.6 Å². The van der Waals surface area contributed by atoms with Gasteiger partial charge in [0.25, 0.3) is 0 Å². The van der Waals surface area contributed by atoms with E-state index < -0.39 is 15.3 Å². The topological polar surface area (TPSA) is 60.4 Å². The Balaban J connectivity index is 2.43. The average Bonchev–Trinajstić information content (AvgIpc) is 1.50. The molecule has 0 radical (unpaired) electrons. The second kappa shape index (κ2) is 2.98. The first-order valence-electron chi connectivity index (χ1n) is 3.17. The van der Waals surface area contributed by atoms with Crippen LogP contribution in [0.3, 0.4) is 0 Å². The molecule has 0 heterocycles. The van der Waals surface area contributed by atoms with Crippen LogP contribution >= 0.6 is 10.7 Å². The molecular formula is C5H7ClO4S.